The average Bonchev–Trinajstić information content (AvgIpc) is 3.47. The molecule has 144 valence electrons. The number of aromatic nitrogens is 6. The number of nitrogens with one attached hydrogen (secondary N) is 1. The largest absolute Gasteiger partial charge is 0.383 e. The Morgan fingerprint density at radius 3 is 2.93 bits per heavy atom. The van der Waals surface area contributed by atoms with Gasteiger partial charge in [-0.3, -0.25) is 9.20 Å². The van der Waals surface area contributed by atoms with Gasteiger partial charge in [0.15, 0.2) is 11.3 Å². The molecule has 1 fully saturated rings. The van der Waals surface area contributed by atoms with Crippen molar-refractivity contribution in [2.45, 2.75) is 25.4 Å². The molecular weight excluding hydrogens is 358 g/mol. The number of benzene rings is 1. The van der Waals surface area contributed by atoms with Crippen molar-refractivity contribution >= 4 is 16.6 Å². The second-order valence-corrected chi connectivity index (χ2v) is 6.96. The minimum Gasteiger partial charge on any atom is -0.383 e. The Labute approximate surface area is 160 Å². The van der Waals surface area contributed by atoms with Crippen LogP contribution in [0.4, 0.5) is 0 Å². The summed E-state index contributed by atoms with van der Waals surface area (Å²) in [4.78, 5) is 17.8. The fourth-order valence-electron chi connectivity index (χ4n) is 3.90. The summed E-state index contributed by atoms with van der Waals surface area (Å²) in [5, 5.41) is 12.0. The van der Waals surface area contributed by atoms with Gasteiger partial charge in [-0.25, -0.2) is 4.98 Å². The van der Waals surface area contributed by atoms with Gasteiger partial charge in [0.1, 0.15) is 12.0 Å². The van der Waals surface area contributed by atoms with E-state index in [1.165, 1.54) is 0 Å². The van der Waals surface area contributed by atoms with Gasteiger partial charge < -0.3 is 14.6 Å². The predicted molar refractivity (Wildman–Crippen MR) is 104 cm³/mol. The number of hydrogen-bond donors (Lipinski definition) is 1. The Morgan fingerprint density at radius 2 is 2.14 bits per heavy atom. The second-order valence-electron chi connectivity index (χ2n) is 6.96. The number of methoxy groups -OCH3 is 1. The summed E-state index contributed by atoms with van der Waals surface area (Å²) in [5.74, 6) is 0.485. The van der Waals surface area contributed by atoms with Crippen molar-refractivity contribution in [2.75, 3.05) is 20.3 Å². The van der Waals surface area contributed by atoms with E-state index >= 15 is 0 Å². The van der Waals surface area contributed by atoms with Crippen LogP contribution >= 0.6 is 0 Å². The van der Waals surface area contributed by atoms with Crippen LogP contribution in [0.25, 0.3) is 22.4 Å². The van der Waals surface area contributed by atoms with E-state index < -0.39 is 0 Å². The first kappa shape index (κ1) is 17.1. The molecule has 28 heavy (non-hydrogen) atoms. The maximum absolute atomic E-state index is 13.3. The zero-order valence-corrected chi connectivity index (χ0v) is 15.6. The van der Waals surface area contributed by atoms with Crippen LogP contribution in [0.15, 0.2) is 41.6 Å². The van der Waals surface area contributed by atoms with Crippen LogP contribution < -0.4 is 10.9 Å². The van der Waals surface area contributed by atoms with Crippen molar-refractivity contribution in [3.8, 4) is 5.82 Å². The maximum atomic E-state index is 13.3. The average molecular weight is 379 g/mol. The van der Waals surface area contributed by atoms with Crippen LogP contribution in [0.5, 0.6) is 0 Å². The Hall–Kier alpha value is -3.04. The molecule has 9 nitrogen and oxygen atoms in total. The summed E-state index contributed by atoms with van der Waals surface area (Å²) in [6.07, 6.45) is 5.70. The number of ether oxygens (including phenoxy) is 1. The molecular formula is C19H21N7O2. The summed E-state index contributed by atoms with van der Waals surface area (Å²) in [6, 6.07) is 8.00. The van der Waals surface area contributed by atoms with Gasteiger partial charge in [0.05, 0.1) is 29.9 Å². The number of fused-ring (bicyclic) bond motifs is 3. The Balaban J connectivity index is 1.71. The van der Waals surface area contributed by atoms with Crippen molar-refractivity contribution in [2.24, 2.45) is 0 Å². The fourth-order valence-corrected chi connectivity index (χ4v) is 3.90. The highest BCUT2D eigenvalue weighted by atomic mass is 16.5. The monoisotopic (exact) mass is 379 g/mol. The van der Waals surface area contributed by atoms with E-state index in [0.29, 0.717) is 24.5 Å². The van der Waals surface area contributed by atoms with Crippen LogP contribution in [0.3, 0.4) is 0 Å². The minimum atomic E-state index is -0.126. The van der Waals surface area contributed by atoms with E-state index in [0.717, 1.165) is 36.1 Å². The molecule has 0 bridgehead atoms. The fraction of sp³-hybridized carbons (Fsp3) is 0.368. The summed E-state index contributed by atoms with van der Waals surface area (Å²) < 4.78 is 10.4. The van der Waals surface area contributed by atoms with Crippen molar-refractivity contribution in [1.29, 1.82) is 0 Å². The molecule has 3 aromatic heterocycles. The molecule has 0 saturated carbocycles. The SMILES string of the molecule is COCCn1c(=O)c2c(-n3cc(C4CCCN4)nn3)ncn2c2ccccc21. The molecule has 0 aliphatic carbocycles. The third-order valence-electron chi connectivity index (χ3n) is 5.29. The Morgan fingerprint density at radius 1 is 1.29 bits per heavy atom. The molecule has 9 heteroatoms. The van der Waals surface area contributed by atoms with E-state index in [1.54, 1.807) is 22.7 Å². The first-order valence-electron chi connectivity index (χ1n) is 9.41. The lowest BCUT2D eigenvalue weighted by Crippen LogP contribution is -2.25. The summed E-state index contributed by atoms with van der Waals surface area (Å²) >= 11 is 0. The van der Waals surface area contributed by atoms with E-state index in [9.17, 15) is 4.79 Å². The highest BCUT2D eigenvalue weighted by molar-refractivity contribution is 5.80. The van der Waals surface area contributed by atoms with Gasteiger partial charge in [0, 0.05) is 13.7 Å². The molecule has 1 atom stereocenters. The number of nitrogens with zero attached hydrogens (tertiary/aromatic N) is 6. The predicted octanol–water partition coefficient (Wildman–Crippen LogP) is 1.30. The third-order valence-corrected chi connectivity index (χ3v) is 5.29. The lowest BCUT2D eigenvalue weighted by atomic mass is 10.2. The first-order valence-corrected chi connectivity index (χ1v) is 9.41. The van der Waals surface area contributed by atoms with E-state index in [4.69, 9.17) is 4.74 Å². The van der Waals surface area contributed by atoms with Gasteiger partial charge in [-0.1, -0.05) is 17.3 Å². The minimum absolute atomic E-state index is 0.126. The summed E-state index contributed by atoms with van der Waals surface area (Å²) in [7, 11) is 1.63. The molecule has 1 N–H and O–H groups in total. The molecule has 0 radical (unpaired) electrons. The molecule has 1 aromatic carbocycles. The summed E-state index contributed by atoms with van der Waals surface area (Å²) in [5.41, 5.74) is 2.98. The van der Waals surface area contributed by atoms with Crippen molar-refractivity contribution < 1.29 is 4.74 Å². The molecule has 4 aromatic rings. The van der Waals surface area contributed by atoms with Crippen LogP contribution in [-0.4, -0.2) is 49.2 Å². The zero-order valence-electron chi connectivity index (χ0n) is 15.6. The number of hydrogen-bond acceptors (Lipinski definition) is 6. The van der Waals surface area contributed by atoms with Crippen molar-refractivity contribution in [3.05, 3.63) is 52.8 Å². The van der Waals surface area contributed by atoms with Crippen LogP contribution in [0, 0.1) is 0 Å². The van der Waals surface area contributed by atoms with Gasteiger partial charge in [0.25, 0.3) is 5.56 Å². The molecule has 1 saturated heterocycles. The number of rotatable bonds is 5. The van der Waals surface area contributed by atoms with Gasteiger partial charge in [-0.2, -0.15) is 4.68 Å². The van der Waals surface area contributed by atoms with E-state index in [1.807, 2.05) is 34.9 Å². The molecule has 0 spiro atoms. The van der Waals surface area contributed by atoms with Crippen molar-refractivity contribution in [1.82, 2.24) is 34.3 Å². The molecule has 4 heterocycles. The molecule has 0 amide bonds. The number of imidazole rings is 1. The quantitative estimate of drug-likeness (QED) is 0.562. The smallest absolute Gasteiger partial charge is 0.279 e. The van der Waals surface area contributed by atoms with E-state index in [-0.39, 0.29) is 11.6 Å². The van der Waals surface area contributed by atoms with Gasteiger partial charge >= 0.3 is 0 Å². The number of para-hydroxylation sites is 2. The molecule has 1 aliphatic rings. The lowest BCUT2D eigenvalue weighted by molar-refractivity contribution is 0.187. The lowest BCUT2D eigenvalue weighted by Gasteiger charge is -2.12. The molecule has 5 rings (SSSR count). The third kappa shape index (κ3) is 2.62. The molecule has 1 unspecified atom stereocenters. The topological polar surface area (TPSA) is 91.3 Å². The zero-order chi connectivity index (χ0) is 19.1. The highest BCUT2D eigenvalue weighted by Gasteiger charge is 2.22. The van der Waals surface area contributed by atoms with Gasteiger partial charge in [0.2, 0.25) is 0 Å². The summed E-state index contributed by atoms with van der Waals surface area (Å²) in [6.45, 7) is 1.90. The Bertz CT molecular complexity index is 1200. The second kappa shape index (κ2) is 6.84. The maximum Gasteiger partial charge on any atom is 0.279 e. The van der Waals surface area contributed by atoms with E-state index in [2.05, 4.69) is 20.6 Å². The standard InChI is InChI=1S/C19H21N7O2/c1-28-10-9-24-15-6-2-3-7-16(15)25-12-21-18(17(25)19(24)27)26-11-14(22-23-26)13-5-4-8-20-13/h2-3,6-7,11-13,20H,4-5,8-10H2,1H3. The normalized spacial score (nSPS) is 17.1. The first-order chi connectivity index (χ1) is 13.8. The Kier molecular flexibility index (Phi) is 4.18. The van der Waals surface area contributed by atoms with Gasteiger partial charge in [-0.05, 0) is 31.5 Å². The van der Waals surface area contributed by atoms with Crippen LogP contribution in [0.1, 0.15) is 24.6 Å². The molecule has 1 aliphatic heterocycles. The van der Waals surface area contributed by atoms with Crippen LogP contribution in [0.2, 0.25) is 0 Å². The van der Waals surface area contributed by atoms with Gasteiger partial charge in [-0.15, -0.1) is 5.10 Å². The highest BCUT2D eigenvalue weighted by Crippen LogP contribution is 2.23. The van der Waals surface area contributed by atoms with Crippen molar-refractivity contribution in [3.63, 3.8) is 0 Å². The van der Waals surface area contributed by atoms with Crippen LogP contribution in [-0.2, 0) is 11.3 Å².